The van der Waals surface area contributed by atoms with Crippen molar-refractivity contribution in [1.82, 2.24) is 15.1 Å². The van der Waals surface area contributed by atoms with Gasteiger partial charge in [-0.1, -0.05) is 23.8 Å². The number of hydrogen-bond acceptors (Lipinski definition) is 3. The van der Waals surface area contributed by atoms with Crippen molar-refractivity contribution in [2.75, 3.05) is 19.7 Å². The van der Waals surface area contributed by atoms with Crippen LogP contribution >= 0.6 is 0 Å². The minimum absolute atomic E-state index is 0.280. The van der Waals surface area contributed by atoms with Crippen molar-refractivity contribution in [1.29, 1.82) is 0 Å². The summed E-state index contributed by atoms with van der Waals surface area (Å²) in [7, 11) is 0. The molecule has 4 nitrogen and oxygen atoms in total. The monoisotopic (exact) mass is 289 g/mol. The highest BCUT2D eigenvalue weighted by Crippen LogP contribution is 2.28. The fourth-order valence-corrected chi connectivity index (χ4v) is 2.90. The molecule has 21 heavy (non-hydrogen) atoms. The topological polar surface area (TPSA) is 52.2 Å². The molecule has 0 aliphatic carbocycles. The molecule has 112 valence electrons. The minimum Gasteiger partial charge on any atom is -0.393 e. The molecule has 0 radical (unpaired) electrons. The smallest absolute Gasteiger partial charge is 0.147 e. The summed E-state index contributed by atoms with van der Waals surface area (Å²) >= 11 is 0. The van der Waals surface area contributed by atoms with E-state index in [0.29, 0.717) is 19.5 Å². The molecule has 1 aliphatic heterocycles. The number of aryl methyl sites for hydroxylation is 1. The maximum Gasteiger partial charge on any atom is 0.147 e. The Bertz CT molecular complexity index is 627. The molecule has 0 amide bonds. The summed E-state index contributed by atoms with van der Waals surface area (Å²) < 4.78 is 14.1. The highest BCUT2D eigenvalue weighted by atomic mass is 19.1. The van der Waals surface area contributed by atoms with Gasteiger partial charge in [0.05, 0.1) is 18.5 Å². The van der Waals surface area contributed by atoms with Crippen LogP contribution in [-0.2, 0) is 6.54 Å². The second-order valence-electron chi connectivity index (χ2n) is 5.91. The van der Waals surface area contributed by atoms with Crippen LogP contribution in [0.4, 0.5) is 4.39 Å². The van der Waals surface area contributed by atoms with Gasteiger partial charge >= 0.3 is 0 Å². The van der Waals surface area contributed by atoms with Gasteiger partial charge in [0.2, 0.25) is 0 Å². The number of aliphatic hydroxyl groups is 1. The fraction of sp³-hybridized carbons (Fsp3) is 0.438. The molecule has 0 spiro atoms. The van der Waals surface area contributed by atoms with Crippen LogP contribution in [0.1, 0.15) is 17.5 Å². The second-order valence-corrected chi connectivity index (χ2v) is 5.91. The molecule has 1 aromatic heterocycles. The van der Waals surface area contributed by atoms with Gasteiger partial charge in [-0.15, -0.1) is 0 Å². The number of nitrogens with zero attached hydrogens (tertiary/aromatic N) is 2. The first-order valence-corrected chi connectivity index (χ1v) is 7.21. The van der Waals surface area contributed by atoms with Gasteiger partial charge in [0.1, 0.15) is 5.67 Å². The summed E-state index contributed by atoms with van der Waals surface area (Å²) in [5.74, 6) is 0. The number of benzene rings is 1. The molecule has 1 saturated heterocycles. The normalized spacial score (nSPS) is 22.8. The highest BCUT2D eigenvalue weighted by molar-refractivity contribution is 5.63. The van der Waals surface area contributed by atoms with Gasteiger partial charge in [0.25, 0.3) is 0 Å². The number of aromatic amines is 1. The van der Waals surface area contributed by atoms with Crippen molar-refractivity contribution in [2.45, 2.75) is 25.6 Å². The molecule has 2 aromatic rings. The zero-order valence-electron chi connectivity index (χ0n) is 12.1. The molecule has 2 N–H and O–H groups in total. The van der Waals surface area contributed by atoms with E-state index in [1.54, 1.807) is 6.20 Å². The third-order valence-electron chi connectivity index (χ3n) is 4.08. The molecular weight excluding hydrogens is 269 g/mol. The lowest BCUT2D eigenvalue weighted by Crippen LogP contribution is -2.32. The Hall–Kier alpha value is -1.72. The lowest BCUT2D eigenvalue weighted by molar-refractivity contribution is 0.0769. The van der Waals surface area contributed by atoms with E-state index in [-0.39, 0.29) is 6.54 Å². The SMILES string of the molecule is Cc1cccc(-c2[nH]ncc2CN2CCC(F)(CO)C2)c1. The molecule has 1 aliphatic rings. The number of likely N-dealkylation sites (tertiary alicyclic amines) is 1. The van der Waals surface area contributed by atoms with Crippen molar-refractivity contribution in [3.8, 4) is 11.3 Å². The summed E-state index contributed by atoms with van der Waals surface area (Å²) in [6, 6.07) is 8.22. The Morgan fingerprint density at radius 2 is 2.33 bits per heavy atom. The average Bonchev–Trinajstić information content (AvgIpc) is 3.07. The number of hydrogen-bond donors (Lipinski definition) is 2. The van der Waals surface area contributed by atoms with Crippen LogP contribution in [0.25, 0.3) is 11.3 Å². The van der Waals surface area contributed by atoms with Crippen LogP contribution in [0.3, 0.4) is 0 Å². The third-order valence-corrected chi connectivity index (χ3v) is 4.08. The molecule has 1 fully saturated rings. The maximum absolute atomic E-state index is 14.1. The lowest BCUT2D eigenvalue weighted by atomic mass is 10.1. The maximum atomic E-state index is 14.1. The van der Waals surface area contributed by atoms with Gasteiger partial charge in [0, 0.05) is 30.8 Å². The Labute approximate surface area is 123 Å². The first-order chi connectivity index (χ1) is 10.1. The number of halogens is 1. The number of rotatable bonds is 4. The minimum atomic E-state index is -1.45. The summed E-state index contributed by atoms with van der Waals surface area (Å²) in [5, 5.41) is 16.3. The van der Waals surface area contributed by atoms with Gasteiger partial charge in [0.15, 0.2) is 0 Å². The molecule has 2 heterocycles. The first-order valence-electron chi connectivity index (χ1n) is 7.21. The Kier molecular flexibility index (Phi) is 3.78. The van der Waals surface area contributed by atoms with Gasteiger partial charge in [-0.25, -0.2) is 4.39 Å². The fourth-order valence-electron chi connectivity index (χ4n) is 2.90. The van der Waals surface area contributed by atoms with Crippen LogP contribution in [0.15, 0.2) is 30.5 Å². The molecular formula is C16H20FN3O. The van der Waals surface area contributed by atoms with E-state index >= 15 is 0 Å². The predicted octanol–water partition coefficient (Wildman–Crippen LogP) is 2.29. The van der Waals surface area contributed by atoms with E-state index in [1.165, 1.54) is 5.56 Å². The molecule has 1 aromatic carbocycles. The Morgan fingerprint density at radius 3 is 3.05 bits per heavy atom. The predicted molar refractivity (Wildman–Crippen MR) is 79.6 cm³/mol. The highest BCUT2D eigenvalue weighted by Gasteiger charge is 2.37. The zero-order valence-corrected chi connectivity index (χ0v) is 12.1. The number of H-pyrrole nitrogens is 1. The molecule has 1 atom stereocenters. The van der Waals surface area contributed by atoms with Crippen LogP contribution in [0.2, 0.25) is 0 Å². The molecule has 0 bridgehead atoms. The Morgan fingerprint density at radius 1 is 1.48 bits per heavy atom. The molecule has 0 saturated carbocycles. The van der Waals surface area contributed by atoms with Gasteiger partial charge in [-0.05, 0) is 19.4 Å². The van der Waals surface area contributed by atoms with Crippen molar-refractivity contribution >= 4 is 0 Å². The first kappa shape index (κ1) is 14.2. The van der Waals surface area contributed by atoms with Crippen LogP contribution in [0.5, 0.6) is 0 Å². The van der Waals surface area contributed by atoms with Crippen molar-refractivity contribution in [3.63, 3.8) is 0 Å². The number of alkyl halides is 1. The summed E-state index contributed by atoms with van der Waals surface area (Å²) in [5.41, 5.74) is 2.88. The standard InChI is InChI=1S/C16H20FN3O/c1-12-3-2-4-13(7-12)15-14(8-18-19-15)9-20-6-5-16(17,10-20)11-21/h2-4,7-8,21H,5-6,9-11H2,1H3,(H,18,19). The zero-order chi connectivity index (χ0) is 14.9. The second kappa shape index (κ2) is 5.58. The van der Waals surface area contributed by atoms with Crippen molar-refractivity contribution < 1.29 is 9.50 Å². The molecule has 3 rings (SSSR count). The number of aromatic nitrogens is 2. The lowest BCUT2D eigenvalue weighted by Gasteiger charge is -2.18. The van der Waals surface area contributed by atoms with E-state index in [2.05, 4.69) is 29.3 Å². The van der Waals surface area contributed by atoms with Crippen LogP contribution < -0.4 is 0 Å². The van der Waals surface area contributed by atoms with E-state index in [0.717, 1.165) is 16.8 Å². The van der Waals surface area contributed by atoms with Gasteiger partial charge in [-0.2, -0.15) is 5.10 Å². The quantitative estimate of drug-likeness (QED) is 0.908. The van der Waals surface area contributed by atoms with E-state index in [4.69, 9.17) is 5.11 Å². The van der Waals surface area contributed by atoms with Crippen LogP contribution in [0, 0.1) is 6.92 Å². The van der Waals surface area contributed by atoms with E-state index in [1.807, 2.05) is 17.0 Å². The number of nitrogens with one attached hydrogen (secondary N) is 1. The summed E-state index contributed by atoms with van der Waals surface area (Å²) in [6.45, 7) is 3.24. The number of aliphatic hydroxyl groups excluding tert-OH is 1. The van der Waals surface area contributed by atoms with Crippen molar-refractivity contribution in [3.05, 3.63) is 41.6 Å². The largest absolute Gasteiger partial charge is 0.393 e. The van der Waals surface area contributed by atoms with Crippen LogP contribution in [-0.4, -0.2) is 45.6 Å². The van der Waals surface area contributed by atoms with Gasteiger partial charge < -0.3 is 5.11 Å². The third kappa shape index (κ3) is 2.99. The molecule has 5 heteroatoms. The average molecular weight is 289 g/mol. The summed E-state index contributed by atoms with van der Waals surface area (Å²) in [6.07, 6.45) is 2.19. The van der Waals surface area contributed by atoms with E-state index < -0.39 is 12.3 Å². The molecule has 1 unspecified atom stereocenters. The van der Waals surface area contributed by atoms with Crippen molar-refractivity contribution in [2.24, 2.45) is 0 Å². The van der Waals surface area contributed by atoms with Gasteiger partial charge in [-0.3, -0.25) is 10.00 Å². The Balaban J connectivity index is 1.78. The van der Waals surface area contributed by atoms with E-state index in [9.17, 15) is 4.39 Å². The summed E-state index contributed by atoms with van der Waals surface area (Å²) in [4.78, 5) is 2.03.